The summed E-state index contributed by atoms with van der Waals surface area (Å²) in [6, 6.07) is 7.88. The number of ketones is 1. The molecule has 0 spiro atoms. The number of rotatable bonds is 9. The first-order valence-electron chi connectivity index (χ1n) is 9.94. The second-order valence-electron chi connectivity index (χ2n) is 8.21. The van der Waals surface area contributed by atoms with Crippen molar-refractivity contribution in [3.05, 3.63) is 47.5 Å². The molecule has 0 amide bonds. The number of ether oxygens (including phenoxy) is 1. The van der Waals surface area contributed by atoms with Gasteiger partial charge in [0.2, 0.25) is 0 Å². The predicted octanol–water partition coefficient (Wildman–Crippen LogP) is 3.28. The lowest BCUT2D eigenvalue weighted by Crippen LogP contribution is -2.22. The molecular weight excluding hydrogens is 356 g/mol. The molecule has 1 aromatic carbocycles. The highest BCUT2D eigenvalue weighted by atomic mass is 16.5. The van der Waals surface area contributed by atoms with Gasteiger partial charge in [-0.3, -0.25) is 9.59 Å². The van der Waals surface area contributed by atoms with Crippen molar-refractivity contribution in [1.82, 2.24) is 0 Å². The highest BCUT2D eigenvalue weighted by Gasteiger charge is 2.41. The normalized spacial score (nSPS) is 22.8. The van der Waals surface area contributed by atoms with Crippen LogP contribution >= 0.6 is 0 Å². The zero-order valence-corrected chi connectivity index (χ0v) is 17.1. The van der Waals surface area contributed by atoms with Crippen LogP contribution in [0.5, 0.6) is 0 Å². The Balaban J connectivity index is 2.02. The van der Waals surface area contributed by atoms with Crippen LogP contribution in [0.4, 0.5) is 0 Å². The zero-order valence-electron chi connectivity index (χ0n) is 17.1. The summed E-state index contributed by atoms with van der Waals surface area (Å²) >= 11 is 0. The molecule has 28 heavy (non-hydrogen) atoms. The molecule has 1 aliphatic rings. The van der Waals surface area contributed by atoms with Crippen molar-refractivity contribution >= 4 is 11.8 Å². The summed E-state index contributed by atoms with van der Waals surface area (Å²) in [4.78, 5) is 23.5. The van der Waals surface area contributed by atoms with Crippen LogP contribution in [-0.4, -0.2) is 41.8 Å². The summed E-state index contributed by atoms with van der Waals surface area (Å²) in [5.41, 5.74) is 1.66. The van der Waals surface area contributed by atoms with Crippen LogP contribution in [0.2, 0.25) is 0 Å². The summed E-state index contributed by atoms with van der Waals surface area (Å²) in [6.07, 6.45) is 5.95. The number of benzene rings is 1. The van der Waals surface area contributed by atoms with Crippen LogP contribution in [-0.2, 0) is 19.7 Å². The van der Waals surface area contributed by atoms with E-state index in [9.17, 15) is 19.8 Å². The minimum Gasteiger partial charge on any atom is -0.469 e. The molecule has 0 radical (unpaired) electrons. The van der Waals surface area contributed by atoms with Crippen molar-refractivity contribution in [1.29, 1.82) is 0 Å². The monoisotopic (exact) mass is 388 g/mol. The Labute approximate surface area is 167 Å². The van der Waals surface area contributed by atoms with E-state index in [1.54, 1.807) is 0 Å². The number of carbonyl (C=O) groups excluding carboxylic acids is 2. The number of aliphatic hydroxyl groups is 2. The summed E-state index contributed by atoms with van der Waals surface area (Å²) in [5.74, 6) is -0.561. The van der Waals surface area contributed by atoms with Crippen LogP contribution in [0.25, 0.3) is 0 Å². The average Bonchev–Trinajstić information content (AvgIpc) is 2.97. The van der Waals surface area contributed by atoms with E-state index in [0.29, 0.717) is 12.8 Å². The van der Waals surface area contributed by atoms with Gasteiger partial charge in [-0.15, -0.1) is 0 Å². The number of aliphatic hydroxyl groups excluding tert-OH is 2. The maximum atomic E-state index is 12.4. The van der Waals surface area contributed by atoms with E-state index in [2.05, 4.69) is 4.74 Å². The Hall–Kier alpha value is -1.98. The number of carbonyl (C=O) groups is 2. The van der Waals surface area contributed by atoms with Crippen LogP contribution in [0.1, 0.15) is 63.0 Å². The van der Waals surface area contributed by atoms with E-state index in [-0.39, 0.29) is 42.0 Å². The molecule has 0 aliphatic heterocycles. The number of hydrogen-bond donors (Lipinski definition) is 2. The lowest BCUT2D eigenvalue weighted by atomic mass is 9.81. The fourth-order valence-corrected chi connectivity index (χ4v) is 3.76. The van der Waals surface area contributed by atoms with E-state index < -0.39 is 6.10 Å². The van der Waals surface area contributed by atoms with Crippen molar-refractivity contribution < 1.29 is 24.5 Å². The summed E-state index contributed by atoms with van der Waals surface area (Å²) < 4.78 is 4.61. The van der Waals surface area contributed by atoms with Gasteiger partial charge < -0.3 is 14.9 Å². The number of unbranched alkanes of at least 4 members (excludes halogenated alkanes) is 1. The molecule has 1 fully saturated rings. The third-order valence-electron chi connectivity index (χ3n) is 5.68. The average molecular weight is 389 g/mol. The second-order valence-corrected chi connectivity index (χ2v) is 8.21. The van der Waals surface area contributed by atoms with Crippen LogP contribution in [0.15, 0.2) is 36.4 Å². The summed E-state index contributed by atoms with van der Waals surface area (Å²) in [5, 5.41) is 20.0. The highest BCUT2D eigenvalue weighted by Crippen LogP contribution is 2.40. The van der Waals surface area contributed by atoms with E-state index in [1.165, 1.54) is 7.11 Å². The van der Waals surface area contributed by atoms with Crippen LogP contribution in [0.3, 0.4) is 0 Å². The minimum absolute atomic E-state index is 0.0558. The predicted molar refractivity (Wildman–Crippen MR) is 108 cm³/mol. The number of allylic oxidation sites excluding steroid dienone is 2. The molecule has 5 heteroatoms. The van der Waals surface area contributed by atoms with Crippen molar-refractivity contribution in [2.45, 2.75) is 63.4 Å². The summed E-state index contributed by atoms with van der Waals surface area (Å²) in [7, 11) is 1.38. The van der Waals surface area contributed by atoms with Gasteiger partial charge in [-0.1, -0.05) is 50.3 Å². The molecule has 3 atom stereocenters. The van der Waals surface area contributed by atoms with Gasteiger partial charge in [0.1, 0.15) is 5.78 Å². The van der Waals surface area contributed by atoms with Crippen molar-refractivity contribution in [2.24, 2.45) is 5.92 Å². The Morgan fingerprint density at radius 2 is 1.93 bits per heavy atom. The zero-order chi connectivity index (χ0) is 20.7. The van der Waals surface area contributed by atoms with Gasteiger partial charge in [0.05, 0.1) is 19.8 Å². The molecule has 1 aliphatic carbocycles. The first-order chi connectivity index (χ1) is 13.3. The van der Waals surface area contributed by atoms with Crippen LogP contribution in [0, 0.1) is 5.92 Å². The lowest BCUT2D eigenvalue weighted by molar-refractivity contribution is -0.140. The van der Waals surface area contributed by atoms with Gasteiger partial charge in [0, 0.05) is 30.1 Å². The number of methoxy groups -OCH3 is 1. The maximum Gasteiger partial charge on any atom is 0.305 e. The first kappa shape index (κ1) is 22.3. The quantitative estimate of drug-likeness (QED) is 0.385. The smallest absolute Gasteiger partial charge is 0.305 e. The SMILES string of the molecule is COC(=O)CCC/C=C\CC1C(=O)C[C@@H](O)[C@@H]1c1ccc(C(C)(C)CO)cc1. The first-order valence-corrected chi connectivity index (χ1v) is 9.94. The van der Waals surface area contributed by atoms with Gasteiger partial charge in [0.25, 0.3) is 0 Å². The van der Waals surface area contributed by atoms with E-state index in [0.717, 1.165) is 24.0 Å². The van der Waals surface area contributed by atoms with Gasteiger partial charge in [-0.25, -0.2) is 0 Å². The molecule has 0 heterocycles. The molecule has 5 nitrogen and oxygen atoms in total. The molecule has 154 valence electrons. The molecule has 1 saturated carbocycles. The Morgan fingerprint density at radius 1 is 1.25 bits per heavy atom. The second kappa shape index (κ2) is 9.99. The standard InChI is InChI=1S/C23H32O5/c1-23(2,15-24)17-12-10-16(11-13-17)22-18(19(25)14-20(22)26)8-6-4-5-7-9-21(27)28-3/h4,6,10-13,18,20,22,24,26H,5,7-9,14-15H2,1-3H3/b6-4-/t18?,20-,22-/m1/s1. The van der Waals surface area contributed by atoms with Crippen molar-refractivity contribution in [3.8, 4) is 0 Å². The van der Waals surface area contributed by atoms with Gasteiger partial charge >= 0.3 is 5.97 Å². The Bertz CT molecular complexity index is 689. The molecule has 2 N–H and O–H groups in total. The van der Waals surface area contributed by atoms with Crippen LogP contribution < -0.4 is 0 Å². The molecule has 1 unspecified atom stereocenters. The number of Topliss-reactive ketones (excluding diaryl/α,β-unsaturated/α-hetero) is 1. The number of esters is 1. The van der Waals surface area contributed by atoms with E-state index >= 15 is 0 Å². The highest BCUT2D eigenvalue weighted by molar-refractivity contribution is 5.85. The van der Waals surface area contributed by atoms with Gasteiger partial charge in [-0.05, 0) is 30.4 Å². The Morgan fingerprint density at radius 3 is 2.54 bits per heavy atom. The van der Waals surface area contributed by atoms with Gasteiger partial charge in [-0.2, -0.15) is 0 Å². The minimum atomic E-state index is -0.665. The molecule has 1 aromatic rings. The topological polar surface area (TPSA) is 83.8 Å². The fourth-order valence-electron chi connectivity index (χ4n) is 3.76. The largest absolute Gasteiger partial charge is 0.469 e. The third kappa shape index (κ3) is 5.52. The number of hydrogen-bond acceptors (Lipinski definition) is 5. The van der Waals surface area contributed by atoms with Crippen molar-refractivity contribution in [3.63, 3.8) is 0 Å². The maximum absolute atomic E-state index is 12.4. The fraction of sp³-hybridized carbons (Fsp3) is 0.565. The molecule has 0 aromatic heterocycles. The molecule has 2 rings (SSSR count). The molecule has 0 bridgehead atoms. The third-order valence-corrected chi connectivity index (χ3v) is 5.68. The van der Waals surface area contributed by atoms with Gasteiger partial charge in [0.15, 0.2) is 0 Å². The molecule has 0 saturated heterocycles. The molecular formula is C23H32O5. The van der Waals surface area contributed by atoms with E-state index in [4.69, 9.17) is 0 Å². The van der Waals surface area contributed by atoms with Crippen molar-refractivity contribution in [2.75, 3.05) is 13.7 Å². The van der Waals surface area contributed by atoms with E-state index in [1.807, 2.05) is 50.3 Å². The summed E-state index contributed by atoms with van der Waals surface area (Å²) in [6.45, 7) is 4.01. The Kier molecular flexibility index (Phi) is 7.96. The lowest BCUT2D eigenvalue weighted by Gasteiger charge is -2.25.